The van der Waals surface area contributed by atoms with Crippen LogP contribution in [0.1, 0.15) is 37.3 Å². The fraction of sp³-hybridized carbons (Fsp3) is 0.533. The summed E-state index contributed by atoms with van der Waals surface area (Å²) in [6.07, 6.45) is 4.82. The fourth-order valence-electron chi connectivity index (χ4n) is 2.79. The number of rotatable bonds is 5. The predicted molar refractivity (Wildman–Crippen MR) is 74.8 cm³/mol. The van der Waals surface area contributed by atoms with Gasteiger partial charge in [0.05, 0.1) is 12.6 Å². The molecule has 0 bridgehead atoms. The van der Waals surface area contributed by atoms with Crippen molar-refractivity contribution in [2.24, 2.45) is 5.92 Å². The lowest BCUT2D eigenvalue weighted by atomic mass is 9.92. The number of aliphatic hydroxyl groups excluding tert-OH is 1. The summed E-state index contributed by atoms with van der Waals surface area (Å²) in [6.45, 7) is 0.255. The number of urea groups is 1. The molecule has 1 unspecified atom stereocenters. The van der Waals surface area contributed by atoms with E-state index in [4.69, 9.17) is 5.11 Å². The molecule has 19 heavy (non-hydrogen) atoms. The Balaban J connectivity index is 2.04. The zero-order valence-corrected chi connectivity index (χ0v) is 11.1. The molecule has 104 valence electrons. The molecule has 1 aliphatic carbocycles. The fourth-order valence-corrected chi connectivity index (χ4v) is 2.79. The maximum Gasteiger partial charge on any atom is 0.315 e. The van der Waals surface area contributed by atoms with E-state index in [1.165, 1.54) is 25.7 Å². The van der Waals surface area contributed by atoms with Crippen LogP contribution in [0.5, 0.6) is 0 Å². The lowest BCUT2D eigenvalue weighted by Crippen LogP contribution is -2.41. The summed E-state index contributed by atoms with van der Waals surface area (Å²) in [6, 6.07) is 10.00. The van der Waals surface area contributed by atoms with Crippen LogP contribution in [0.15, 0.2) is 30.3 Å². The molecule has 1 aromatic carbocycles. The predicted octanol–water partition coefficient (Wildman–Crippen LogP) is 2.21. The van der Waals surface area contributed by atoms with Crippen molar-refractivity contribution >= 4 is 6.03 Å². The lowest BCUT2D eigenvalue weighted by Gasteiger charge is -2.25. The minimum atomic E-state index is -0.199. The molecular weight excluding hydrogens is 240 g/mol. The van der Waals surface area contributed by atoms with Crippen LogP contribution in [0.2, 0.25) is 0 Å². The summed E-state index contributed by atoms with van der Waals surface area (Å²) in [5, 5.41) is 14.4. The van der Waals surface area contributed by atoms with Crippen LogP contribution in [-0.2, 0) is 0 Å². The molecule has 2 rings (SSSR count). The highest BCUT2D eigenvalue weighted by molar-refractivity contribution is 5.74. The Kier molecular flexibility index (Phi) is 5.21. The first-order valence-electron chi connectivity index (χ1n) is 7.01. The van der Waals surface area contributed by atoms with E-state index in [0.29, 0.717) is 5.92 Å². The molecule has 0 spiro atoms. The van der Waals surface area contributed by atoms with Crippen LogP contribution in [-0.4, -0.2) is 24.3 Å². The van der Waals surface area contributed by atoms with Crippen molar-refractivity contribution in [3.63, 3.8) is 0 Å². The molecule has 1 atom stereocenters. The van der Waals surface area contributed by atoms with Crippen molar-refractivity contribution in [2.45, 2.75) is 31.7 Å². The van der Waals surface area contributed by atoms with Crippen LogP contribution in [0.3, 0.4) is 0 Å². The molecule has 4 heteroatoms. The number of carbonyl (C=O) groups is 1. The van der Waals surface area contributed by atoms with Gasteiger partial charge in [-0.05, 0) is 24.3 Å². The minimum Gasteiger partial charge on any atom is -0.395 e. The number of hydrogen-bond acceptors (Lipinski definition) is 2. The van der Waals surface area contributed by atoms with Crippen LogP contribution >= 0.6 is 0 Å². The van der Waals surface area contributed by atoms with Gasteiger partial charge in [-0.1, -0.05) is 43.2 Å². The molecule has 1 aromatic rings. The Labute approximate surface area is 114 Å². The highest BCUT2D eigenvalue weighted by atomic mass is 16.3. The maximum absolute atomic E-state index is 11.8. The first-order chi connectivity index (χ1) is 9.31. The van der Waals surface area contributed by atoms with Crippen molar-refractivity contribution in [1.82, 2.24) is 10.6 Å². The molecule has 0 aliphatic heterocycles. The normalized spacial score (nSPS) is 17.1. The average Bonchev–Trinajstić information content (AvgIpc) is 2.97. The SMILES string of the molecule is O=C(NCCO)NC(c1ccccc1)C1CCCC1. The van der Waals surface area contributed by atoms with E-state index in [0.717, 1.165) is 5.56 Å². The molecule has 0 radical (unpaired) electrons. The van der Waals surface area contributed by atoms with Gasteiger partial charge in [0.15, 0.2) is 0 Å². The highest BCUT2D eigenvalue weighted by Gasteiger charge is 2.27. The van der Waals surface area contributed by atoms with E-state index in [-0.39, 0.29) is 25.2 Å². The quantitative estimate of drug-likeness (QED) is 0.762. The largest absolute Gasteiger partial charge is 0.395 e. The number of benzene rings is 1. The van der Waals surface area contributed by atoms with Crippen molar-refractivity contribution in [3.05, 3.63) is 35.9 Å². The van der Waals surface area contributed by atoms with E-state index in [2.05, 4.69) is 22.8 Å². The van der Waals surface area contributed by atoms with E-state index in [1.54, 1.807) is 0 Å². The van der Waals surface area contributed by atoms with Gasteiger partial charge >= 0.3 is 6.03 Å². The summed E-state index contributed by atoms with van der Waals surface area (Å²) < 4.78 is 0. The standard InChI is InChI=1S/C15H22N2O2/c18-11-10-16-15(19)17-14(13-8-4-5-9-13)12-6-2-1-3-7-12/h1-3,6-7,13-14,18H,4-5,8-11H2,(H2,16,17,19). The monoisotopic (exact) mass is 262 g/mol. The molecular formula is C15H22N2O2. The van der Waals surface area contributed by atoms with E-state index in [1.807, 2.05) is 18.2 Å². The Morgan fingerprint density at radius 1 is 1.26 bits per heavy atom. The van der Waals surface area contributed by atoms with Crippen LogP contribution in [0, 0.1) is 5.92 Å². The number of nitrogens with one attached hydrogen (secondary N) is 2. The summed E-state index contributed by atoms with van der Waals surface area (Å²) in [5.74, 6) is 0.516. The number of amides is 2. The average molecular weight is 262 g/mol. The Bertz CT molecular complexity index is 388. The second-order valence-corrected chi connectivity index (χ2v) is 5.06. The third-order valence-corrected chi connectivity index (χ3v) is 3.71. The summed E-state index contributed by atoms with van der Waals surface area (Å²) in [7, 11) is 0. The summed E-state index contributed by atoms with van der Waals surface area (Å²) in [4.78, 5) is 11.8. The van der Waals surface area contributed by atoms with E-state index < -0.39 is 0 Å². The molecule has 1 fully saturated rings. The highest BCUT2D eigenvalue weighted by Crippen LogP contribution is 2.35. The molecule has 0 aromatic heterocycles. The molecule has 0 heterocycles. The van der Waals surface area contributed by atoms with Gasteiger partial charge in [0, 0.05) is 6.54 Å². The molecule has 1 saturated carbocycles. The Hall–Kier alpha value is -1.55. The van der Waals surface area contributed by atoms with Gasteiger partial charge in [0.25, 0.3) is 0 Å². The van der Waals surface area contributed by atoms with Gasteiger partial charge in [-0.15, -0.1) is 0 Å². The van der Waals surface area contributed by atoms with Crippen molar-refractivity contribution in [1.29, 1.82) is 0 Å². The van der Waals surface area contributed by atoms with E-state index >= 15 is 0 Å². The van der Waals surface area contributed by atoms with Crippen LogP contribution < -0.4 is 10.6 Å². The van der Waals surface area contributed by atoms with Crippen LogP contribution in [0.4, 0.5) is 4.79 Å². The zero-order chi connectivity index (χ0) is 13.5. The second-order valence-electron chi connectivity index (χ2n) is 5.06. The van der Waals surface area contributed by atoms with Crippen molar-refractivity contribution in [2.75, 3.05) is 13.2 Å². The molecule has 0 saturated heterocycles. The Morgan fingerprint density at radius 3 is 2.58 bits per heavy atom. The molecule has 1 aliphatic rings. The third-order valence-electron chi connectivity index (χ3n) is 3.71. The third kappa shape index (κ3) is 3.96. The van der Waals surface area contributed by atoms with E-state index in [9.17, 15) is 4.79 Å². The first kappa shape index (κ1) is 13.9. The van der Waals surface area contributed by atoms with Gasteiger partial charge in [0.1, 0.15) is 0 Å². The van der Waals surface area contributed by atoms with Crippen LogP contribution in [0.25, 0.3) is 0 Å². The lowest BCUT2D eigenvalue weighted by molar-refractivity contribution is 0.225. The van der Waals surface area contributed by atoms with Crippen molar-refractivity contribution in [3.8, 4) is 0 Å². The maximum atomic E-state index is 11.8. The van der Waals surface area contributed by atoms with Gasteiger partial charge in [-0.25, -0.2) is 4.79 Å². The summed E-state index contributed by atoms with van der Waals surface area (Å²) >= 11 is 0. The first-order valence-corrected chi connectivity index (χ1v) is 7.01. The number of carbonyl (C=O) groups excluding carboxylic acids is 1. The molecule has 3 N–H and O–H groups in total. The van der Waals surface area contributed by atoms with Gasteiger partial charge in [-0.2, -0.15) is 0 Å². The molecule has 4 nitrogen and oxygen atoms in total. The number of aliphatic hydroxyl groups is 1. The van der Waals surface area contributed by atoms with Crippen molar-refractivity contribution < 1.29 is 9.90 Å². The minimum absolute atomic E-state index is 0.0349. The Morgan fingerprint density at radius 2 is 1.95 bits per heavy atom. The summed E-state index contributed by atoms with van der Waals surface area (Å²) in [5.41, 5.74) is 1.16. The second kappa shape index (κ2) is 7.14. The zero-order valence-electron chi connectivity index (χ0n) is 11.1. The van der Waals surface area contributed by atoms with Gasteiger partial charge in [-0.3, -0.25) is 0 Å². The topological polar surface area (TPSA) is 61.4 Å². The van der Waals surface area contributed by atoms with Gasteiger partial charge in [0.2, 0.25) is 0 Å². The molecule has 2 amide bonds. The van der Waals surface area contributed by atoms with Gasteiger partial charge < -0.3 is 15.7 Å². The smallest absolute Gasteiger partial charge is 0.315 e. The number of hydrogen-bond donors (Lipinski definition) is 3.